The molecule has 0 radical (unpaired) electrons. The maximum absolute atomic E-state index is 12.8. The molecular weight excluding hydrogens is 303 g/mol. The molecule has 0 saturated heterocycles. The van der Waals surface area contributed by atoms with Crippen molar-refractivity contribution in [2.24, 2.45) is 0 Å². The summed E-state index contributed by atoms with van der Waals surface area (Å²) in [6, 6.07) is 3.36. The average molecular weight is 319 g/mol. The van der Waals surface area contributed by atoms with Crippen LogP contribution < -0.4 is 5.32 Å². The summed E-state index contributed by atoms with van der Waals surface area (Å²) in [5, 5.41) is 12.5. The number of thioether (sulfide) groups is 1. The van der Waals surface area contributed by atoms with Gasteiger partial charge in [0.05, 0.1) is 11.1 Å². The lowest BCUT2D eigenvalue weighted by atomic mass is 10.1. The second-order valence-corrected chi connectivity index (χ2v) is 6.10. The molecule has 2 atom stereocenters. The van der Waals surface area contributed by atoms with Gasteiger partial charge in [0.1, 0.15) is 0 Å². The number of halogens is 3. The third-order valence-electron chi connectivity index (χ3n) is 3.66. The fraction of sp³-hybridized carbons (Fsp3) is 0.500. The van der Waals surface area contributed by atoms with Crippen molar-refractivity contribution in [3.8, 4) is 0 Å². The summed E-state index contributed by atoms with van der Waals surface area (Å²) in [6.07, 6.45) is 0.400. The zero-order chi connectivity index (χ0) is 15.6. The van der Waals surface area contributed by atoms with Crippen LogP contribution in [-0.2, 0) is 6.18 Å². The molecule has 2 N–H and O–H groups in total. The second-order valence-electron chi connectivity index (χ2n) is 5.02. The molecule has 21 heavy (non-hydrogen) atoms. The molecule has 3 nitrogen and oxygen atoms in total. The van der Waals surface area contributed by atoms with Crippen molar-refractivity contribution in [1.82, 2.24) is 0 Å². The summed E-state index contributed by atoms with van der Waals surface area (Å²) in [4.78, 5) is 11.0. The van der Waals surface area contributed by atoms with E-state index in [-0.39, 0.29) is 6.04 Å². The molecule has 116 valence electrons. The molecule has 1 aliphatic carbocycles. The minimum Gasteiger partial charge on any atom is -0.478 e. The predicted octanol–water partition coefficient (Wildman–Crippen LogP) is 4.10. The number of alkyl halides is 3. The minimum atomic E-state index is -4.67. The Morgan fingerprint density at radius 2 is 2.10 bits per heavy atom. The number of benzene rings is 1. The van der Waals surface area contributed by atoms with Crippen LogP contribution in [0.25, 0.3) is 0 Å². The first-order valence-corrected chi connectivity index (χ1v) is 7.85. The Labute approximate surface area is 124 Å². The van der Waals surface area contributed by atoms with Crippen molar-refractivity contribution in [2.75, 3.05) is 11.6 Å². The number of anilines is 1. The van der Waals surface area contributed by atoms with Crippen LogP contribution in [0.4, 0.5) is 18.9 Å². The highest BCUT2D eigenvalue weighted by Gasteiger charge is 2.35. The van der Waals surface area contributed by atoms with E-state index in [0.29, 0.717) is 10.9 Å². The van der Waals surface area contributed by atoms with E-state index in [1.54, 1.807) is 11.8 Å². The van der Waals surface area contributed by atoms with Crippen molar-refractivity contribution in [1.29, 1.82) is 0 Å². The lowest BCUT2D eigenvalue weighted by molar-refractivity contribution is -0.138. The number of carbonyl (C=O) groups is 1. The smallest absolute Gasteiger partial charge is 0.417 e. The third-order valence-corrected chi connectivity index (χ3v) is 4.83. The normalized spacial score (nSPS) is 22.3. The van der Waals surface area contributed by atoms with E-state index in [9.17, 15) is 18.0 Å². The number of aromatic carboxylic acids is 1. The van der Waals surface area contributed by atoms with Gasteiger partial charge >= 0.3 is 12.1 Å². The molecule has 2 unspecified atom stereocenters. The monoisotopic (exact) mass is 319 g/mol. The lowest BCUT2D eigenvalue weighted by Crippen LogP contribution is -2.26. The van der Waals surface area contributed by atoms with Crippen LogP contribution >= 0.6 is 11.8 Å². The van der Waals surface area contributed by atoms with Gasteiger partial charge in [-0.3, -0.25) is 0 Å². The molecule has 0 amide bonds. The highest BCUT2D eigenvalue weighted by molar-refractivity contribution is 7.99. The van der Waals surface area contributed by atoms with Crippen molar-refractivity contribution in [3.05, 3.63) is 29.3 Å². The van der Waals surface area contributed by atoms with Gasteiger partial charge in [-0.05, 0) is 37.3 Å². The van der Waals surface area contributed by atoms with Crippen LogP contribution in [0, 0.1) is 0 Å². The summed E-state index contributed by atoms with van der Waals surface area (Å²) in [7, 11) is 0. The first-order chi connectivity index (χ1) is 9.82. The number of hydrogen-bond donors (Lipinski definition) is 2. The van der Waals surface area contributed by atoms with Gasteiger partial charge in [-0.25, -0.2) is 4.79 Å². The van der Waals surface area contributed by atoms with Crippen LogP contribution in [-0.4, -0.2) is 28.6 Å². The molecule has 1 aromatic rings. The first-order valence-electron chi connectivity index (χ1n) is 6.57. The molecule has 0 heterocycles. The SMILES string of the molecule is CSC1CCCC1Nc1ccc(C(F)(F)F)c(C(=O)O)c1. The average Bonchev–Trinajstić information content (AvgIpc) is 2.84. The fourth-order valence-electron chi connectivity index (χ4n) is 2.65. The van der Waals surface area contributed by atoms with E-state index < -0.39 is 23.3 Å². The number of nitrogens with one attached hydrogen (secondary N) is 1. The zero-order valence-corrected chi connectivity index (χ0v) is 12.2. The largest absolute Gasteiger partial charge is 0.478 e. The standard InChI is InChI=1S/C14H16F3NO2S/c1-21-12-4-2-3-11(12)18-8-5-6-10(14(15,16)17)9(7-8)13(19)20/h5-7,11-12,18H,2-4H2,1H3,(H,19,20). The zero-order valence-electron chi connectivity index (χ0n) is 11.4. The topological polar surface area (TPSA) is 49.3 Å². The summed E-state index contributed by atoms with van der Waals surface area (Å²) in [5.41, 5.74) is -1.41. The number of rotatable bonds is 4. The second kappa shape index (κ2) is 6.17. The lowest BCUT2D eigenvalue weighted by Gasteiger charge is -2.21. The van der Waals surface area contributed by atoms with Crippen LogP contribution in [0.5, 0.6) is 0 Å². The number of hydrogen-bond acceptors (Lipinski definition) is 3. The van der Waals surface area contributed by atoms with Crippen molar-refractivity contribution in [2.45, 2.75) is 36.7 Å². The Hall–Kier alpha value is -1.37. The maximum Gasteiger partial charge on any atom is 0.417 e. The first kappa shape index (κ1) is 16.0. The molecule has 2 rings (SSSR count). The summed E-state index contributed by atoms with van der Waals surface area (Å²) in [6.45, 7) is 0. The molecule has 0 aromatic heterocycles. The number of carboxylic acids is 1. The van der Waals surface area contributed by atoms with Crippen molar-refractivity contribution >= 4 is 23.4 Å². The summed E-state index contributed by atoms with van der Waals surface area (Å²) >= 11 is 1.72. The highest BCUT2D eigenvalue weighted by Crippen LogP contribution is 2.35. The molecular formula is C14H16F3NO2S. The number of carboxylic acid groups (broad SMARTS) is 1. The van der Waals surface area contributed by atoms with Crippen LogP contribution in [0.3, 0.4) is 0 Å². The van der Waals surface area contributed by atoms with E-state index in [2.05, 4.69) is 5.32 Å². The van der Waals surface area contributed by atoms with Gasteiger partial charge in [0, 0.05) is 17.0 Å². The Bertz CT molecular complexity index is 533. The van der Waals surface area contributed by atoms with Gasteiger partial charge < -0.3 is 10.4 Å². The molecule has 1 aliphatic rings. The Balaban J connectivity index is 2.26. The van der Waals surface area contributed by atoms with Gasteiger partial charge in [0.15, 0.2) is 0 Å². The van der Waals surface area contributed by atoms with Gasteiger partial charge in [-0.1, -0.05) is 6.42 Å². The predicted molar refractivity (Wildman–Crippen MR) is 77.0 cm³/mol. The molecule has 0 bridgehead atoms. The molecule has 1 aromatic carbocycles. The highest BCUT2D eigenvalue weighted by atomic mass is 32.2. The molecule has 0 aliphatic heterocycles. The molecule has 0 spiro atoms. The van der Waals surface area contributed by atoms with Crippen molar-refractivity contribution in [3.63, 3.8) is 0 Å². The minimum absolute atomic E-state index is 0.165. The molecule has 7 heteroatoms. The maximum atomic E-state index is 12.8. The van der Waals surface area contributed by atoms with E-state index in [1.807, 2.05) is 6.26 Å². The van der Waals surface area contributed by atoms with Gasteiger partial charge in [0.2, 0.25) is 0 Å². The van der Waals surface area contributed by atoms with Crippen molar-refractivity contribution < 1.29 is 23.1 Å². The van der Waals surface area contributed by atoms with E-state index in [1.165, 1.54) is 6.07 Å². The summed E-state index contributed by atoms with van der Waals surface area (Å²) < 4.78 is 38.3. The van der Waals surface area contributed by atoms with E-state index in [0.717, 1.165) is 31.4 Å². The van der Waals surface area contributed by atoms with Gasteiger partial charge in [-0.2, -0.15) is 24.9 Å². The van der Waals surface area contributed by atoms with Crippen LogP contribution in [0.2, 0.25) is 0 Å². The van der Waals surface area contributed by atoms with E-state index >= 15 is 0 Å². The third kappa shape index (κ3) is 3.64. The fourth-order valence-corrected chi connectivity index (χ4v) is 3.58. The molecule has 1 fully saturated rings. The van der Waals surface area contributed by atoms with Gasteiger partial charge in [0.25, 0.3) is 0 Å². The van der Waals surface area contributed by atoms with Crippen LogP contribution in [0.1, 0.15) is 35.2 Å². The Morgan fingerprint density at radius 1 is 1.38 bits per heavy atom. The Morgan fingerprint density at radius 3 is 2.67 bits per heavy atom. The summed E-state index contributed by atoms with van der Waals surface area (Å²) in [5.74, 6) is -1.57. The molecule has 1 saturated carbocycles. The van der Waals surface area contributed by atoms with Gasteiger partial charge in [-0.15, -0.1) is 0 Å². The quantitative estimate of drug-likeness (QED) is 0.877. The Kier molecular flexibility index (Phi) is 4.70. The van der Waals surface area contributed by atoms with E-state index in [4.69, 9.17) is 5.11 Å². The van der Waals surface area contributed by atoms with Crippen LogP contribution in [0.15, 0.2) is 18.2 Å².